The summed E-state index contributed by atoms with van der Waals surface area (Å²) in [4.78, 5) is 44.0. The Morgan fingerprint density at radius 3 is 2.41 bits per heavy atom. The minimum atomic E-state index is -4.66. The fourth-order valence-corrected chi connectivity index (χ4v) is 4.56. The van der Waals surface area contributed by atoms with E-state index in [-0.39, 0.29) is 36.1 Å². The van der Waals surface area contributed by atoms with Gasteiger partial charge in [0.05, 0.1) is 29.4 Å². The van der Waals surface area contributed by atoms with E-state index in [1.165, 1.54) is 32.9 Å². The largest absolute Gasteiger partial charge is 0.416 e. The highest BCUT2D eigenvalue weighted by molar-refractivity contribution is 6.03. The molecule has 3 rings (SSSR count). The molecule has 0 spiro atoms. The summed E-state index contributed by atoms with van der Waals surface area (Å²) in [5.41, 5.74) is -0.680. The third-order valence-electron chi connectivity index (χ3n) is 6.35. The minimum absolute atomic E-state index is 0.0131. The lowest BCUT2D eigenvalue weighted by Gasteiger charge is -2.33. The summed E-state index contributed by atoms with van der Waals surface area (Å²) >= 11 is 0. The van der Waals surface area contributed by atoms with E-state index in [1.54, 1.807) is 14.0 Å². The summed E-state index contributed by atoms with van der Waals surface area (Å²) in [6, 6.07) is 2.31. The summed E-state index contributed by atoms with van der Waals surface area (Å²) in [6.45, 7) is 8.09. The van der Waals surface area contributed by atoms with E-state index in [4.69, 9.17) is 0 Å². The number of likely N-dealkylation sites (N-methyl/N-ethyl adjacent to an activating group) is 2. The fraction of sp³-hybridized carbons (Fsp3) is 0.542. The molecule has 1 N–H and O–H groups in total. The zero-order valence-electron chi connectivity index (χ0n) is 20.1. The van der Waals surface area contributed by atoms with E-state index in [2.05, 4.69) is 5.32 Å². The molecule has 186 valence electrons. The van der Waals surface area contributed by atoms with Crippen LogP contribution in [0.1, 0.15) is 51.3 Å². The van der Waals surface area contributed by atoms with E-state index >= 15 is 0 Å². The molecule has 2 aliphatic heterocycles. The molecule has 0 saturated carbocycles. The number of amides is 4. The van der Waals surface area contributed by atoms with Crippen molar-refractivity contribution in [2.75, 3.05) is 26.7 Å². The monoisotopic (exact) mass is 480 g/mol. The average Bonchev–Trinajstić information content (AvgIpc) is 3.12. The number of rotatable bonds is 7. The summed E-state index contributed by atoms with van der Waals surface area (Å²) < 4.78 is 41.3. The molecule has 2 atom stereocenters. The number of alkyl halides is 3. The smallest absolute Gasteiger partial charge is 0.344 e. The molecule has 2 heterocycles. The van der Waals surface area contributed by atoms with Gasteiger partial charge < -0.3 is 15.1 Å². The molecule has 34 heavy (non-hydrogen) atoms. The van der Waals surface area contributed by atoms with E-state index in [0.717, 1.165) is 6.07 Å². The van der Waals surface area contributed by atoms with Crippen LogP contribution < -0.4 is 5.32 Å². The standard InChI is InChI=1S/C24H31F3N4O3/c1-6-29(5)21(32)17(12-14(3)4)31-13-18-19(22(31)33)20(28-23(34)30(18)7-2)15-10-8-9-11-16(15)24(25,26)27/h8-11,14,17,20H,6-7,12-13H2,1-5H3,(H,28,34)/t17-,20-/m1/s1. The highest BCUT2D eigenvalue weighted by Gasteiger charge is 2.48. The van der Waals surface area contributed by atoms with Crippen LogP contribution in [0.15, 0.2) is 35.5 Å². The minimum Gasteiger partial charge on any atom is -0.344 e. The van der Waals surface area contributed by atoms with Gasteiger partial charge in [-0.1, -0.05) is 32.0 Å². The number of hydrogen-bond acceptors (Lipinski definition) is 3. The molecular weight excluding hydrogens is 449 g/mol. The summed E-state index contributed by atoms with van der Waals surface area (Å²) in [5, 5.41) is 2.60. The Labute approximate surface area is 197 Å². The van der Waals surface area contributed by atoms with Crippen molar-refractivity contribution in [3.63, 3.8) is 0 Å². The average molecular weight is 481 g/mol. The number of hydrogen-bond donors (Lipinski definition) is 1. The normalized spacial score (nSPS) is 19.5. The van der Waals surface area contributed by atoms with Crippen molar-refractivity contribution in [3.8, 4) is 0 Å². The summed E-state index contributed by atoms with van der Waals surface area (Å²) in [7, 11) is 1.65. The molecular formula is C24H31F3N4O3. The SMILES string of the molecule is CCN(C)C(=O)[C@@H](CC(C)C)N1CC2=C(C1=O)[C@@H](c1ccccc1C(F)(F)F)NC(=O)N2CC. The van der Waals surface area contributed by atoms with Crippen molar-refractivity contribution in [1.82, 2.24) is 20.0 Å². The van der Waals surface area contributed by atoms with E-state index in [0.29, 0.717) is 18.7 Å². The van der Waals surface area contributed by atoms with Crippen LogP contribution in [-0.4, -0.2) is 65.3 Å². The Bertz CT molecular complexity index is 1010. The van der Waals surface area contributed by atoms with Crippen molar-refractivity contribution in [3.05, 3.63) is 46.7 Å². The van der Waals surface area contributed by atoms with Gasteiger partial charge in [0, 0.05) is 20.1 Å². The van der Waals surface area contributed by atoms with Crippen LogP contribution in [0.25, 0.3) is 0 Å². The molecule has 0 unspecified atom stereocenters. The second kappa shape index (κ2) is 9.68. The maximum Gasteiger partial charge on any atom is 0.416 e. The van der Waals surface area contributed by atoms with Crippen LogP contribution >= 0.6 is 0 Å². The van der Waals surface area contributed by atoms with E-state index in [1.807, 2.05) is 20.8 Å². The molecule has 0 aromatic heterocycles. The van der Waals surface area contributed by atoms with Crippen LogP contribution in [0.2, 0.25) is 0 Å². The van der Waals surface area contributed by atoms with Gasteiger partial charge in [-0.2, -0.15) is 13.2 Å². The van der Waals surface area contributed by atoms with Crippen molar-refractivity contribution in [2.45, 2.75) is 52.4 Å². The van der Waals surface area contributed by atoms with Gasteiger partial charge in [0.1, 0.15) is 6.04 Å². The van der Waals surface area contributed by atoms with Crippen molar-refractivity contribution in [2.24, 2.45) is 5.92 Å². The summed E-state index contributed by atoms with van der Waals surface area (Å²) in [5.74, 6) is -0.675. The molecule has 0 aliphatic carbocycles. The molecule has 7 nitrogen and oxygen atoms in total. The van der Waals surface area contributed by atoms with Crippen LogP contribution in [0, 0.1) is 5.92 Å². The Morgan fingerprint density at radius 2 is 1.85 bits per heavy atom. The fourth-order valence-electron chi connectivity index (χ4n) is 4.56. The lowest BCUT2D eigenvalue weighted by Crippen LogP contribution is -2.49. The number of carbonyl (C=O) groups is 3. The number of nitrogens with zero attached hydrogens (tertiary/aromatic N) is 3. The van der Waals surface area contributed by atoms with Crippen molar-refractivity contribution >= 4 is 17.8 Å². The van der Waals surface area contributed by atoms with Crippen molar-refractivity contribution in [1.29, 1.82) is 0 Å². The third-order valence-corrected chi connectivity index (χ3v) is 6.35. The number of nitrogens with one attached hydrogen (secondary N) is 1. The van der Waals surface area contributed by atoms with Gasteiger partial charge in [-0.15, -0.1) is 0 Å². The Balaban J connectivity index is 2.11. The lowest BCUT2D eigenvalue weighted by atomic mass is 9.91. The molecule has 0 radical (unpaired) electrons. The molecule has 0 bridgehead atoms. The van der Waals surface area contributed by atoms with Gasteiger partial charge in [0.25, 0.3) is 5.91 Å². The van der Waals surface area contributed by atoms with Gasteiger partial charge in [0.15, 0.2) is 0 Å². The second-order valence-corrected chi connectivity index (χ2v) is 9.00. The van der Waals surface area contributed by atoms with E-state index < -0.39 is 35.8 Å². The molecule has 4 amide bonds. The predicted octanol–water partition coefficient (Wildman–Crippen LogP) is 3.78. The molecule has 0 saturated heterocycles. The zero-order valence-corrected chi connectivity index (χ0v) is 20.1. The topological polar surface area (TPSA) is 73.0 Å². The molecule has 1 aromatic carbocycles. The number of halogens is 3. The first-order valence-electron chi connectivity index (χ1n) is 11.4. The highest BCUT2D eigenvalue weighted by atomic mass is 19.4. The Morgan fingerprint density at radius 1 is 1.21 bits per heavy atom. The van der Waals surface area contributed by atoms with Crippen LogP contribution in [-0.2, 0) is 15.8 Å². The van der Waals surface area contributed by atoms with Crippen LogP contribution in [0.3, 0.4) is 0 Å². The van der Waals surface area contributed by atoms with Gasteiger partial charge >= 0.3 is 12.2 Å². The van der Waals surface area contributed by atoms with Gasteiger partial charge in [-0.3, -0.25) is 14.5 Å². The van der Waals surface area contributed by atoms with Crippen molar-refractivity contribution < 1.29 is 27.6 Å². The maximum absolute atomic E-state index is 13.8. The van der Waals surface area contributed by atoms with E-state index in [9.17, 15) is 27.6 Å². The molecule has 10 heteroatoms. The van der Waals surface area contributed by atoms with Gasteiger partial charge in [-0.25, -0.2) is 4.79 Å². The Hall–Kier alpha value is -3.04. The second-order valence-electron chi connectivity index (χ2n) is 9.00. The molecule has 2 aliphatic rings. The Kier molecular flexibility index (Phi) is 7.28. The van der Waals surface area contributed by atoms with Crippen LogP contribution in [0.5, 0.6) is 0 Å². The summed E-state index contributed by atoms with van der Waals surface area (Å²) in [6.07, 6.45) is -4.27. The highest BCUT2D eigenvalue weighted by Crippen LogP contribution is 2.42. The first-order chi connectivity index (χ1) is 15.9. The molecule has 0 fully saturated rings. The first-order valence-corrected chi connectivity index (χ1v) is 11.4. The first kappa shape index (κ1) is 25.6. The zero-order chi connectivity index (χ0) is 25.4. The quantitative estimate of drug-likeness (QED) is 0.646. The lowest BCUT2D eigenvalue weighted by molar-refractivity contribution is -0.142. The maximum atomic E-state index is 13.8. The third kappa shape index (κ3) is 4.63. The number of urea groups is 1. The number of carbonyl (C=O) groups excluding carboxylic acids is 3. The van der Waals surface area contributed by atoms with Gasteiger partial charge in [-0.05, 0) is 37.8 Å². The number of benzene rings is 1. The van der Waals surface area contributed by atoms with Crippen LogP contribution in [0.4, 0.5) is 18.0 Å². The predicted molar refractivity (Wildman–Crippen MR) is 120 cm³/mol. The van der Waals surface area contributed by atoms with Gasteiger partial charge in [0.2, 0.25) is 5.91 Å². The molecule has 1 aromatic rings.